The molecule has 7 nitrogen and oxygen atoms in total. The highest BCUT2D eigenvalue weighted by atomic mass is 127. The van der Waals surface area contributed by atoms with Crippen molar-refractivity contribution in [2.75, 3.05) is 19.7 Å². The number of ether oxygens (including phenoxy) is 2. The number of rotatable bonds is 10. The Balaban J connectivity index is 0.00000363. The third-order valence-electron chi connectivity index (χ3n) is 4.22. The molecule has 1 aromatic carbocycles. The molecular formula is C23H30IN5O2S. The number of aliphatic imine (C=N–C) groups is 1. The second-order valence-electron chi connectivity index (χ2n) is 6.75. The zero-order valence-corrected chi connectivity index (χ0v) is 21.8. The molecule has 172 valence electrons. The van der Waals surface area contributed by atoms with Gasteiger partial charge in [-0.25, -0.2) is 15.0 Å². The molecule has 0 aliphatic rings. The van der Waals surface area contributed by atoms with Crippen molar-refractivity contribution in [2.45, 2.75) is 33.7 Å². The number of hydrogen-bond acceptors (Lipinski definition) is 6. The van der Waals surface area contributed by atoms with Crippen LogP contribution in [0, 0.1) is 6.92 Å². The highest BCUT2D eigenvalue weighted by Gasteiger charge is 2.04. The molecule has 32 heavy (non-hydrogen) atoms. The SMILES string of the molecule is CCNC(=NCc1ccnc(Oc2ccc(OCC)cc2)c1)NCCc1ncc(C)s1.I. The van der Waals surface area contributed by atoms with E-state index >= 15 is 0 Å². The molecule has 2 aromatic heterocycles. The summed E-state index contributed by atoms with van der Waals surface area (Å²) in [5.41, 5.74) is 1.02. The number of pyridine rings is 1. The molecule has 0 atom stereocenters. The summed E-state index contributed by atoms with van der Waals surface area (Å²) in [4.78, 5) is 14.6. The number of hydrogen-bond donors (Lipinski definition) is 2. The standard InChI is InChI=1S/C23H29N5O2S.HI/c1-4-24-23(26-13-11-22-27-15-17(3)31-22)28-16-18-10-12-25-21(14-18)30-20-8-6-19(7-9-20)29-5-2;/h6-10,12,14-15H,4-5,11,13,16H2,1-3H3,(H2,24,26,28);1H. The van der Waals surface area contributed by atoms with Crippen LogP contribution in [0.25, 0.3) is 0 Å². The average molecular weight is 567 g/mol. The zero-order chi connectivity index (χ0) is 21.9. The number of guanidine groups is 1. The first-order chi connectivity index (χ1) is 15.2. The summed E-state index contributed by atoms with van der Waals surface area (Å²) in [7, 11) is 0. The molecule has 0 unspecified atom stereocenters. The van der Waals surface area contributed by atoms with Gasteiger partial charge < -0.3 is 20.1 Å². The van der Waals surface area contributed by atoms with Crippen LogP contribution in [-0.4, -0.2) is 35.6 Å². The summed E-state index contributed by atoms with van der Waals surface area (Å²) in [6.45, 7) is 8.82. The van der Waals surface area contributed by atoms with Gasteiger partial charge in [-0.2, -0.15) is 0 Å². The van der Waals surface area contributed by atoms with Crippen molar-refractivity contribution in [3.8, 4) is 17.4 Å². The third kappa shape index (κ3) is 8.62. The van der Waals surface area contributed by atoms with Gasteiger partial charge in [-0.05, 0) is 56.7 Å². The minimum absolute atomic E-state index is 0. The lowest BCUT2D eigenvalue weighted by molar-refractivity contribution is 0.339. The fraction of sp³-hybridized carbons (Fsp3) is 0.348. The maximum Gasteiger partial charge on any atom is 0.219 e. The summed E-state index contributed by atoms with van der Waals surface area (Å²) in [6, 6.07) is 11.4. The van der Waals surface area contributed by atoms with Crippen LogP contribution < -0.4 is 20.1 Å². The van der Waals surface area contributed by atoms with E-state index in [1.54, 1.807) is 17.5 Å². The molecule has 9 heteroatoms. The van der Waals surface area contributed by atoms with Crippen LogP contribution >= 0.6 is 35.3 Å². The Bertz CT molecular complexity index is 979. The minimum atomic E-state index is 0. The molecular weight excluding hydrogens is 537 g/mol. The Hall–Kier alpha value is -2.40. The number of halogens is 1. The van der Waals surface area contributed by atoms with E-state index < -0.39 is 0 Å². The van der Waals surface area contributed by atoms with Crippen molar-refractivity contribution in [3.05, 3.63) is 64.2 Å². The average Bonchev–Trinajstić information content (AvgIpc) is 3.19. The first-order valence-corrected chi connectivity index (χ1v) is 11.3. The van der Waals surface area contributed by atoms with Gasteiger partial charge in [0.05, 0.1) is 18.2 Å². The first kappa shape index (κ1) is 25.9. The summed E-state index contributed by atoms with van der Waals surface area (Å²) in [6.07, 6.45) is 4.52. The number of aryl methyl sites for hydroxylation is 1. The van der Waals surface area contributed by atoms with E-state index in [4.69, 9.17) is 9.47 Å². The number of thiazole rings is 1. The Morgan fingerprint density at radius 2 is 1.84 bits per heavy atom. The van der Waals surface area contributed by atoms with Crippen molar-refractivity contribution in [2.24, 2.45) is 4.99 Å². The van der Waals surface area contributed by atoms with Crippen molar-refractivity contribution < 1.29 is 9.47 Å². The number of aromatic nitrogens is 2. The molecule has 2 heterocycles. The van der Waals surface area contributed by atoms with E-state index in [1.807, 2.05) is 49.5 Å². The van der Waals surface area contributed by atoms with Crippen molar-refractivity contribution >= 4 is 41.3 Å². The quantitative estimate of drug-likeness (QED) is 0.205. The number of benzene rings is 1. The van der Waals surface area contributed by atoms with E-state index in [0.29, 0.717) is 24.8 Å². The molecule has 0 spiro atoms. The molecule has 0 saturated heterocycles. The molecule has 0 bridgehead atoms. The maximum atomic E-state index is 5.87. The second-order valence-corrected chi connectivity index (χ2v) is 8.06. The summed E-state index contributed by atoms with van der Waals surface area (Å²) >= 11 is 1.73. The lowest BCUT2D eigenvalue weighted by Crippen LogP contribution is -2.38. The molecule has 3 aromatic rings. The first-order valence-electron chi connectivity index (χ1n) is 10.5. The number of nitrogens with zero attached hydrogens (tertiary/aromatic N) is 3. The van der Waals surface area contributed by atoms with Gasteiger partial charge in [0.1, 0.15) is 11.5 Å². The monoisotopic (exact) mass is 567 g/mol. The van der Waals surface area contributed by atoms with Gasteiger partial charge in [0, 0.05) is 42.8 Å². The van der Waals surface area contributed by atoms with Crippen LogP contribution in [0.5, 0.6) is 17.4 Å². The van der Waals surface area contributed by atoms with E-state index in [2.05, 4.69) is 39.4 Å². The van der Waals surface area contributed by atoms with Crippen LogP contribution in [0.15, 0.2) is 53.8 Å². The molecule has 2 N–H and O–H groups in total. The predicted molar refractivity (Wildman–Crippen MR) is 141 cm³/mol. The molecule has 3 rings (SSSR count). The third-order valence-corrected chi connectivity index (χ3v) is 5.19. The van der Waals surface area contributed by atoms with Crippen LogP contribution in [0.2, 0.25) is 0 Å². The molecule has 0 aliphatic heterocycles. The summed E-state index contributed by atoms with van der Waals surface area (Å²) in [5, 5.41) is 7.77. The van der Waals surface area contributed by atoms with Gasteiger partial charge in [-0.15, -0.1) is 35.3 Å². The van der Waals surface area contributed by atoms with Gasteiger partial charge >= 0.3 is 0 Å². The Morgan fingerprint density at radius 3 is 2.53 bits per heavy atom. The van der Waals surface area contributed by atoms with Gasteiger partial charge in [-0.3, -0.25) is 0 Å². The summed E-state index contributed by atoms with van der Waals surface area (Å²) in [5.74, 6) is 2.85. The Kier molecular flexibility index (Phi) is 11.2. The van der Waals surface area contributed by atoms with Gasteiger partial charge in [0.15, 0.2) is 5.96 Å². The van der Waals surface area contributed by atoms with Crippen LogP contribution in [0.3, 0.4) is 0 Å². The Morgan fingerprint density at radius 1 is 1.06 bits per heavy atom. The van der Waals surface area contributed by atoms with Gasteiger partial charge in [0.25, 0.3) is 0 Å². The van der Waals surface area contributed by atoms with Crippen molar-refractivity contribution in [1.29, 1.82) is 0 Å². The van der Waals surface area contributed by atoms with Crippen molar-refractivity contribution in [3.63, 3.8) is 0 Å². The largest absolute Gasteiger partial charge is 0.494 e. The molecule has 0 fully saturated rings. The molecule has 0 aliphatic carbocycles. The topological polar surface area (TPSA) is 80.7 Å². The van der Waals surface area contributed by atoms with Crippen LogP contribution in [-0.2, 0) is 13.0 Å². The van der Waals surface area contributed by atoms with Crippen LogP contribution in [0.1, 0.15) is 29.3 Å². The fourth-order valence-corrected chi connectivity index (χ4v) is 3.60. The normalized spacial score (nSPS) is 10.9. The van der Waals surface area contributed by atoms with E-state index in [9.17, 15) is 0 Å². The van der Waals surface area contributed by atoms with Crippen molar-refractivity contribution in [1.82, 2.24) is 20.6 Å². The Labute approximate surface area is 210 Å². The maximum absolute atomic E-state index is 5.87. The predicted octanol–water partition coefficient (Wildman–Crippen LogP) is 4.95. The molecule has 0 saturated carbocycles. The van der Waals surface area contributed by atoms with E-state index in [1.165, 1.54) is 4.88 Å². The lowest BCUT2D eigenvalue weighted by atomic mass is 10.2. The smallest absolute Gasteiger partial charge is 0.219 e. The summed E-state index contributed by atoms with van der Waals surface area (Å²) < 4.78 is 11.3. The highest BCUT2D eigenvalue weighted by molar-refractivity contribution is 14.0. The number of nitrogens with one attached hydrogen (secondary N) is 2. The zero-order valence-electron chi connectivity index (χ0n) is 18.6. The second kappa shape index (κ2) is 13.9. The fourth-order valence-electron chi connectivity index (χ4n) is 2.81. The molecule has 0 radical (unpaired) electrons. The molecule has 0 amide bonds. The van der Waals surface area contributed by atoms with Gasteiger partial charge in [-0.1, -0.05) is 0 Å². The minimum Gasteiger partial charge on any atom is -0.494 e. The van der Waals surface area contributed by atoms with Gasteiger partial charge in [0.2, 0.25) is 5.88 Å². The van der Waals surface area contributed by atoms with E-state index in [-0.39, 0.29) is 24.0 Å². The highest BCUT2D eigenvalue weighted by Crippen LogP contribution is 2.23. The van der Waals surface area contributed by atoms with Crippen LogP contribution in [0.4, 0.5) is 0 Å². The lowest BCUT2D eigenvalue weighted by Gasteiger charge is -2.11. The van der Waals surface area contributed by atoms with E-state index in [0.717, 1.165) is 41.8 Å².